The molecule has 9 aromatic carbocycles. The molecule has 2 nitrogen and oxygen atoms in total. The van der Waals surface area contributed by atoms with Crippen LogP contribution in [0.4, 0.5) is 0 Å². The molecule has 0 radical (unpaired) electrons. The number of rotatable bonds is 7. The van der Waals surface area contributed by atoms with Crippen molar-refractivity contribution < 1.29 is 0 Å². The lowest BCUT2D eigenvalue weighted by atomic mass is 10.1. The van der Waals surface area contributed by atoms with Crippen LogP contribution in [0.1, 0.15) is 0 Å². The molecule has 3 heteroatoms. The van der Waals surface area contributed by atoms with Crippen molar-refractivity contribution in [1.29, 1.82) is 0 Å². The van der Waals surface area contributed by atoms with E-state index >= 15 is 0 Å². The molecule has 2 heterocycles. The highest BCUT2D eigenvalue weighted by Gasteiger charge is 2.41. The molecule has 0 aliphatic rings. The van der Waals surface area contributed by atoms with Crippen LogP contribution in [0.15, 0.2) is 231 Å². The molecule has 0 unspecified atom stereocenters. The monoisotopic (exact) mass is 742 g/mol. The first-order valence-electron chi connectivity index (χ1n) is 19.7. The molecule has 0 aliphatic heterocycles. The Kier molecular flexibility index (Phi) is 7.87. The number of nitrogens with zero attached hydrogens (tertiary/aromatic N) is 2. The zero-order valence-corrected chi connectivity index (χ0v) is 32.3. The number of para-hydroxylation sites is 2. The highest BCUT2D eigenvalue weighted by Crippen LogP contribution is 2.37. The third-order valence-corrected chi connectivity index (χ3v) is 16.6. The van der Waals surface area contributed by atoms with Crippen molar-refractivity contribution in [2.75, 3.05) is 0 Å². The van der Waals surface area contributed by atoms with Gasteiger partial charge in [-0.3, -0.25) is 0 Å². The van der Waals surface area contributed by atoms with E-state index in [1.807, 2.05) is 0 Å². The number of hydrogen-bond donors (Lipinski definition) is 0. The van der Waals surface area contributed by atoms with Crippen molar-refractivity contribution in [2.24, 2.45) is 0 Å². The Morgan fingerprint density at radius 1 is 0.246 bits per heavy atom. The predicted octanol–water partition coefficient (Wildman–Crippen LogP) is 10.9. The smallest absolute Gasteiger partial charge is 0.179 e. The summed E-state index contributed by atoms with van der Waals surface area (Å²) in [5, 5.41) is 10.5. The third-order valence-electron chi connectivity index (χ3n) is 11.9. The molecule has 0 saturated heterocycles. The highest BCUT2D eigenvalue weighted by atomic mass is 28.3. The predicted molar refractivity (Wildman–Crippen MR) is 244 cm³/mol. The Morgan fingerprint density at radius 3 is 1.32 bits per heavy atom. The minimum absolute atomic E-state index is 1.15. The van der Waals surface area contributed by atoms with Crippen molar-refractivity contribution in [3.05, 3.63) is 231 Å². The molecular weight excluding hydrogens is 705 g/mol. The normalized spacial score (nSPS) is 11.9. The minimum atomic E-state index is -2.75. The Morgan fingerprint density at radius 2 is 0.702 bits per heavy atom. The summed E-state index contributed by atoms with van der Waals surface area (Å²) in [6.07, 6.45) is 0. The second kappa shape index (κ2) is 13.5. The van der Waals surface area contributed by atoms with Gasteiger partial charge in [-0.25, -0.2) is 0 Å². The number of hydrogen-bond acceptors (Lipinski definition) is 0. The van der Waals surface area contributed by atoms with Crippen molar-refractivity contribution in [2.45, 2.75) is 0 Å². The van der Waals surface area contributed by atoms with E-state index in [2.05, 4.69) is 240 Å². The van der Waals surface area contributed by atoms with Crippen LogP contribution >= 0.6 is 0 Å². The van der Waals surface area contributed by atoms with Gasteiger partial charge in [-0.15, -0.1) is 0 Å². The van der Waals surface area contributed by atoms with Gasteiger partial charge in [0.05, 0.1) is 22.1 Å². The number of fused-ring (bicyclic) bond motifs is 6. The van der Waals surface area contributed by atoms with E-state index in [4.69, 9.17) is 0 Å². The lowest BCUT2D eigenvalue weighted by molar-refractivity contribution is 1.17. The molecule has 0 fully saturated rings. The van der Waals surface area contributed by atoms with Crippen LogP contribution in [0.5, 0.6) is 0 Å². The van der Waals surface area contributed by atoms with Crippen molar-refractivity contribution >= 4 is 72.4 Å². The van der Waals surface area contributed by atoms with Crippen LogP contribution < -0.4 is 20.7 Å². The Balaban J connectivity index is 1.17. The summed E-state index contributed by atoms with van der Waals surface area (Å²) in [6.45, 7) is 0. The molecule has 11 rings (SSSR count). The van der Waals surface area contributed by atoms with E-state index in [0.717, 1.165) is 11.4 Å². The Hall–Kier alpha value is -7.20. The molecular formula is C54H38N2Si. The molecule has 2 aromatic heterocycles. The quantitative estimate of drug-likeness (QED) is 0.114. The van der Waals surface area contributed by atoms with Gasteiger partial charge in [0.25, 0.3) is 0 Å². The van der Waals surface area contributed by atoms with E-state index in [0.29, 0.717) is 0 Å². The second-order valence-electron chi connectivity index (χ2n) is 14.9. The number of aromatic nitrogens is 2. The van der Waals surface area contributed by atoms with Crippen molar-refractivity contribution in [3.8, 4) is 22.5 Å². The summed E-state index contributed by atoms with van der Waals surface area (Å²) in [5.74, 6) is 0. The van der Waals surface area contributed by atoms with Crippen molar-refractivity contribution in [3.63, 3.8) is 0 Å². The third kappa shape index (κ3) is 5.24. The molecule has 268 valence electrons. The van der Waals surface area contributed by atoms with Gasteiger partial charge in [-0.05, 0) is 80.4 Å². The van der Waals surface area contributed by atoms with Crippen LogP contribution in [0.3, 0.4) is 0 Å². The topological polar surface area (TPSA) is 9.86 Å². The Labute approximate surface area is 333 Å². The van der Waals surface area contributed by atoms with Gasteiger partial charge in [-0.2, -0.15) is 0 Å². The average Bonchev–Trinajstić information content (AvgIpc) is 3.80. The van der Waals surface area contributed by atoms with Gasteiger partial charge in [0.2, 0.25) is 0 Å². The van der Waals surface area contributed by atoms with E-state index in [1.54, 1.807) is 0 Å². The van der Waals surface area contributed by atoms with Gasteiger partial charge in [0.15, 0.2) is 8.07 Å². The minimum Gasteiger partial charge on any atom is -0.309 e. The first kappa shape index (κ1) is 33.2. The van der Waals surface area contributed by atoms with Crippen LogP contribution in [0, 0.1) is 0 Å². The van der Waals surface area contributed by atoms with Crippen LogP contribution in [0.25, 0.3) is 66.1 Å². The fourth-order valence-electron chi connectivity index (χ4n) is 9.38. The molecule has 0 amide bonds. The lowest BCUT2D eigenvalue weighted by Gasteiger charge is -2.34. The van der Waals surface area contributed by atoms with E-state index in [-0.39, 0.29) is 0 Å². The maximum absolute atomic E-state index is 2.75. The van der Waals surface area contributed by atoms with Crippen LogP contribution in [-0.2, 0) is 0 Å². The number of benzene rings is 9. The summed E-state index contributed by atoms with van der Waals surface area (Å²) in [5.41, 5.74) is 9.53. The van der Waals surface area contributed by atoms with Gasteiger partial charge >= 0.3 is 0 Å². The van der Waals surface area contributed by atoms with Crippen LogP contribution in [-0.4, -0.2) is 17.2 Å². The lowest BCUT2D eigenvalue weighted by Crippen LogP contribution is -2.74. The molecule has 0 bridgehead atoms. The molecule has 0 N–H and O–H groups in total. The van der Waals surface area contributed by atoms with Gasteiger partial charge < -0.3 is 9.13 Å². The molecule has 0 saturated carbocycles. The first-order chi connectivity index (χ1) is 28.3. The first-order valence-corrected chi connectivity index (χ1v) is 21.7. The van der Waals surface area contributed by atoms with Gasteiger partial charge in [0, 0.05) is 32.9 Å². The fraction of sp³-hybridized carbons (Fsp3) is 0. The van der Waals surface area contributed by atoms with Crippen molar-refractivity contribution in [1.82, 2.24) is 9.13 Å². The van der Waals surface area contributed by atoms with E-state index in [9.17, 15) is 0 Å². The molecule has 0 atom stereocenters. The summed E-state index contributed by atoms with van der Waals surface area (Å²) < 4.78 is 4.92. The highest BCUT2D eigenvalue weighted by molar-refractivity contribution is 7.20. The molecule has 0 aliphatic carbocycles. The standard InChI is InChI=1S/C54H38N2Si/c1-5-18-39(19-6-1)40-20-17-21-41(36-40)55-52-31-16-14-29-48(52)50-37-42(32-35-53(50)55)56-51-30-15-13-28-47(51)49-34-33-46(38-54(49)56)57(43-22-7-2-8-23-43,44-24-9-3-10-25-44)45-26-11-4-12-27-45/h1-38H. The van der Waals surface area contributed by atoms with Crippen LogP contribution in [0.2, 0.25) is 0 Å². The summed E-state index contributed by atoms with van der Waals surface area (Å²) >= 11 is 0. The summed E-state index contributed by atoms with van der Waals surface area (Å²) in [7, 11) is -2.75. The maximum atomic E-state index is 2.51. The SMILES string of the molecule is c1ccc(-c2cccc(-n3c4ccccc4c4cc(-n5c6ccccc6c6ccc([Si](c7ccccc7)(c7ccccc7)c7ccccc7)cc65)ccc43)c2)cc1. The molecule has 0 spiro atoms. The van der Waals surface area contributed by atoms with E-state index < -0.39 is 8.07 Å². The maximum Gasteiger partial charge on any atom is 0.179 e. The molecule has 57 heavy (non-hydrogen) atoms. The van der Waals surface area contributed by atoms with Gasteiger partial charge in [-0.1, -0.05) is 182 Å². The van der Waals surface area contributed by atoms with Gasteiger partial charge in [0.1, 0.15) is 0 Å². The Bertz CT molecular complexity index is 3120. The second-order valence-corrected chi connectivity index (χ2v) is 18.7. The largest absolute Gasteiger partial charge is 0.309 e. The van der Waals surface area contributed by atoms with E-state index in [1.165, 1.54) is 75.5 Å². The average molecular weight is 743 g/mol. The zero-order valence-electron chi connectivity index (χ0n) is 31.3. The molecule has 11 aromatic rings. The fourth-order valence-corrected chi connectivity index (χ4v) is 14.1. The summed E-state index contributed by atoms with van der Waals surface area (Å²) in [4.78, 5) is 0. The summed E-state index contributed by atoms with van der Waals surface area (Å²) in [6, 6.07) is 85.2. The zero-order chi connectivity index (χ0) is 37.8.